The van der Waals surface area contributed by atoms with Crippen molar-refractivity contribution in [3.05, 3.63) is 89.9 Å². The Morgan fingerprint density at radius 1 is 1.07 bits per heavy atom. The smallest absolute Gasteiger partial charge is 0.311 e. The number of amides is 1. The number of ether oxygens (including phenoxy) is 2. The van der Waals surface area contributed by atoms with E-state index < -0.39 is 50.8 Å². The number of sulfone groups is 1. The number of hydrogen-bond acceptors (Lipinski definition) is 9. The first kappa shape index (κ1) is 31.7. The number of hydrogen-bond donors (Lipinski definition) is 2. The van der Waals surface area contributed by atoms with Gasteiger partial charge in [-0.15, -0.1) is 0 Å². The van der Waals surface area contributed by atoms with Gasteiger partial charge >= 0.3 is 5.97 Å². The maximum Gasteiger partial charge on any atom is 0.311 e. The Hall–Kier alpha value is -4.71. The molecule has 1 aliphatic rings. The summed E-state index contributed by atoms with van der Waals surface area (Å²) < 4.78 is 51.7. The number of carbonyl (C=O) groups excluding carboxylic acids is 2. The molecule has 1 aromatic heterocycles. The number of fused-ring (bicyclic) bond motifs is 1. The molecule has 0 spiro atoms. The molecule has 12 heteroatoms. The van der Waals surface area contributed by atoms with Crippen LogP contribution < -0.4 is 15.8 Å². The molecule has 4 aromatic rings. The zero-order valence-corrected chi connectivity index (χ0v) is 26.2. The topological polar surface area (TPSA) is 141 Å². The van der Waals surface area contributed by atoms with E-state index in [2.05, 4.69) is 10.3 Å². The molecular formula is C33H35FN4O6S. The number of benzene rings is 3. The summed E-state index contributed by atoms with van der Waals surface area (Å²) in [6.45, 7) is 3.31. The molecule has 3 N–H and O–H groups in total. The summed E-state index contributed by atoms with van der Waals surface area (Å²) in [4.78, 5) is 33.4. The van der Waals surface area contributed by atoms with Gasteiger partial charge in [-0.2, -0.15) is 0 Å². The third-order valence-electron chi connectivity index (χ3n) is 8.21. The van der Waals surface area contributed by atoms with Gasteiger partial charge in [0, 0.05) is 23.8 Å². The summed E-state index contributed by atoms with van der Waals surface area (Å²) in [6, 6.07) is 15.7. The number of nitrogens with zero attached hydrogens (tertiary/aromatic N) is 2. The molecule has 3 aromatic carbocycles. The zero-order valence-electron chi connectivity index (χ0n) is 25.4. The van der Waals surface area contributed by atoms with Gasteiger partial charge < -0.3 is 25.4 Å². The fourth-order valence-corrected chi connectivity index (χ4v) is 7.12. The molecule has 1 amide bonds. The van der Waals surface area contributed by atoms with Crippen LogP contribution in [-0.2, 0) is 24.2 Å². The molecule has 236 valence electrons. The number of likely N-dealkylation sites (tertiary alicyclic amines) is 1. The zero-order chi connectivity index (χ0) is 32.5. The van der Waals surface area contributed by atoms with Crippen molar-refractivity contribution in [1.82, 2.24) is 9.88 Å². The van der Waals surface area contributed by atoms with Crippen molar-refractivity contribution in [2.75, 3.05) is 31.8 Å². The molecule has 3 unspecified atom stereocenters. The highest BCUT2D eigenvalue weighted by atomic mass is 32.2. The average molecular weight is 635 g/mol. The highest BCUT2D eigenvalue weighted by Crippen LogP contribution is 2.43. The fraction of sp³-hybridized carbons (Fsp3) is 0.303. The lowest BCUT2D eigenvalue weighted by Crippen LogP contribution is -2.40. The van der Waals surface area contributed by atoms with Crippen LogP contribution in [0.1, 0.15) is 43.5 Å². The van der Waals surface area contributed by atoms with Crippen LogP contribution in [0.3, 0.4) is 0 Å². The van der Waals surface area contributed by atoms with Gasteiger partial charge in [-0.1, -0.05) is 24.3 Å². The second-order valence-corrected chi connectivity index (χ2v) is 13.6. The standard InChI is InChI=1S/C33H35FN4O6S/c1-19(2)45(41,42)28-8-6-5-7-24(28)30-25(33(40)44-4)14-16-38(30)32(39)29(21-9-12-26(34)27(18-21)43-3)37-22-10-11-23-20(17-22)13-15-36-31(23)35/h5-13,15,17-19,25,29-30,37H,14,16H2,1-4H3,(H2,35,36). The van der Waals surface area contributed by atoms with Crippen molar-refractivity contribution in [1.29, 1.82) is 0 Å². The predicted octanol–water partition coefficient (Wildman–Crippen LogP) is 5.06. The number of nitrogens with two attached hydrogens (primary N) is 1. The monoisotopic (exact) mass is 634 g/mol. The largest absolute Gasteiger partial charge is 0.494 e. The maximum atomic E-state index is 14.7. The quantitative estimate of drug-likeness (QED) is 0.242. The van der Waals surface area contributed by atoms with Gasteiger partial charge in [0.15, 0.2) is 21.4 Å². The van der Waals surface area contributed by atoms with E-state index in [1.165, 1.54) is 43.4 Å². The molecule has 1 aliphatic heterocycles. The van der Waals surface area contributed by atoms with Crippen molar-refractivity contribution in [2.24, 2.45) is 5.92 Å². The second kappa shape index (κ2) is 12.7. The number of carbonyl (C=O) groups is 2. The van der Waals surface area contributed by atoms with Gasteiger partial charge in [0.1, 0.15) is 11.9 Å². The Labute approximate surface area is 261 Å². The van der Waals surface area contributed by atoms with E-state index in [9.17, 15) is 22.4 Å². The Kier molecular flexibility index (Phi) is 8.96. The first-order chi connectivity index (χ1) is 21.5. The second-order valence-electron chi connectivity index (χ2n) is 11.1. The predicted molar refractivity (Wildman–Crippen MR) is 169 cm³/mol. The molecule has 0 saturated carbocycles. The van der Waals surface area contributed by atoms with Crippen molar-refractivity contribution < 1.29 is 31.9 Å². The number of nitrogen functional groups attached to an aromatic ring is 1. The molecule has 10 nitrogen and oxygen atoms in total. The molecule has 1 fully saturated rings. The number of esters is 1. The van der Waals surface area contributed by atoms with Gasteiger partial charge in [0.05, 0.1) is 36.3 Å². The first-order valence-electron chi connectivity index (χ1n) is 14.4. The summed E-state index contributed by atoms with van der Waals surface area (Å²) >= 11 is 0. The summed E-state index contributed by atoms with van der Waals surface area (Å²) in [5, 5.41) is 4.06. The summed E-state index contributed by atoms with van der Waals surface area (Å²) in [5.41, 5.74) is 7.33. The lowest BCUT2D eigenvalue weighted by Gasteiger charge is -2.33. The number of rotatable bonds is 9. The third-order valence-corrected chi connectivity index (χ3v) is 10.4. The van der Waals surface area contributed by atoms with Crippen molar-refractivity contribution in [3.8, 4) is 5.75 Å². The molecular weight excluding hydrogens is 599 g/mol. The molecule has 1 saturated heterocycles. The normalized spacial score (nSPS) is 17.3. The van der Waals surface area contributed by atoms with E-state index in [1.54, 1.807) is 56.4 Å². The van der Waals surface area contributed by atoms with Crippen LogP contribution >= 0.6 is 0 Å². The summed E-state index contributed by atoms with van der Waals surface area (Å²) in [5.74, 6) is -2.12. The number of methoxy groups -OCH3 is 2. The van der Waals surface area contributed by atoms with Crippen LogP contribution in [0.2, 0.25) is 0 Å². The molecule has 2 heterocycles. The minimum atomic E-state index is -3.79. The minimum Gasteiger partial charge on any atom is -0.494 e. The lowest BCUT2D eigenvalue weighted by atomic mass is 9.93. The third kappa shape index (κ3) is 6.02. The van der Waals surface area contributed by atoms with E-state index >= 15 is 0 Å². The Morgan fingerprint density at radius 3 is 2.53 bits per heavy atom. The number of aromatic nitrogens is 1. The van der Waals surface area contributed by atoms with Gasteiger partial charge in [0.2, 0.25) is 5.91 Å². The van der Waals surface area contributed by atoms with Gasteiger partial charge in [-0.3, -0.25) is 9.59 Å². The van der Waals surface area contributed by atoms with Crippen LogP contribution in [0.25, 0.3) is 10.8 Å². The number of halogens is 1. The number of anilines is 2. The van der Waals surface area contributed by atoms with E-state index in [0.29, 0.717) is 22.6 Å². The summed E-state index contributed by atoms with van der Waals surface area (Å²) in [6.07, 6.45) is 1.83. The minimum absolute atomic E-state index is 0.0484. The average Bonchev–Trinajstić information content (AvgIpc) is 3.48. The van der Waals surface area contributed by atoms with Gasteiger partial charge in [-0.05, 0) is 79.2 Å². The van der Waals surface area contributed by atoms with Gasteiger partial charge in [0.25, 0.3) is 0 Å². The fourth-order valence-electron chi connectivity index (χ4n) is 5.83. The number of pyridine rings is 1. The molecule has 5 rings (SSSR count). The SMILES string of the molecule is COC(=O)C1CCN(C(=O)C(Nc2ccc3c(N)nccc3c2)c2ccc(F)c(OC)c2)C1c1ccccc1S(=O)(=O)C(C)C. The molecule has 0 aliphatic carbocycles. The Bertz CT molecular complexity index is 1870. The van der Waals surface area contributed by atoms with Crippen molar-refractivity contribution >= 4 is 44.0 Å². The Balaban J connectivity index is 1.64. The number of nitrogens with one attached hydrogen (secondary N) is 1. The van der Waals surface area contributed by atoms with Crippen LogP contribution in [0.5, 0.6) is 5.75 Å². The van der Waals surface area contributed by atoms with Crippen LogP contribution in [0.4, 0.5) is 15.9 Å². The van der Waals surface area contributed by atoms with E-state index in [-0.39, 0.29) is 23.6 Å². The molecule has 45 heavy (non-hydrogen) atoms. The van der Waals surface area contributed by atoms with Crippen molar-refractivity contribution in [2.45, 2.75) is 42.5 Å². The first-order valence-corrected chi connectivity index (χ1v) is 16.0. The molecule has 0 bridgehead atoms. The lowest BCUT2D eigenvalue weighted by molar-refractivity contribution is -0.147. The molecule has 3 atom stereocenters. The van der Waals surface area contributed by atoms with E-state index in [1.807, 2.05) is 6.07 Å². The van der Waals surface area contributed by atoms with Crippen molar-refractivity contribution in [3.63, 3.8) is 0 Å². The molecule has 0 radical (unpaired) electrons. The van der Waals surface area contributed by atoms with Crippen LogP contribution in [-0.4, -0.2) is 56.2 Å². The Morgan fingerprint density at radius 2 is 1.82 bits per heavy atom. The maximum absolute atomic E-state index is 14.7. The van der Waals surface area contributed by atoms with E-state index in [4.69, 9.17) is 15.2 Å². The highest BCUT2D eigenvalue weighted by molar-refractivity contribution is 7.92. The van der Waals surface area contributed by atoms with Gasteiger partial charge in [-0.25, -0.2) is 17.8 Å². The summed E-state index contributed by atoms with van der Waals surface area (Å²) in [7, 11) is -1.20. The van der Waals surface area contributed by atoms with E-state index in [0.717, 1.165) is 10.8 Å². The highest BCUT2D eigenvalue weighted by Gasteiger charge is 2.46. The van der Waals surface area contributed by atoms with Crippen LogP contribution in [0, 0.1) is 11.7 Å². The van der Waals surface area contributed by atoms with Crippen LogP contribution in [0.15, 0.2) is 77.8 Å².